The van der Waals surface area contributed by atoms with Gasteiger partial charge in [0.2, 0.25) is 5.91 Å². The lowest BCUT2D eigenvalue weighted by Gasteiger charge is -2.19. The zero-order valence-electron chi connectivity index (χ0n) is 11.4. The molecule has 3 N–H and O–H groups in total. The maximum Gasteiger partial charge on any atom is 0.225 e. The molecule has 1 aromatic heterocycles. The van der Waals surface area contributed by atoms with Gasteiger partial charge in [0.05, 0.1) is 0 Å². The van der Waals surface area contributed by atoms with Crippen molar-refractivity contribution in [1.29, 1.82) is 0 Å². The third-order valence-electron chi connectivity index (χ3n) is 3.12. The Morgan fingerprint density at radius 3 is 2.72 bits per heavy atom. The van der Waals surface area contributed by atoms with Crippen molar-refractivity contribution in [3.8, 4) is 0 Å². The van der Waals surface area contributed by atoms with Crippen LogP contribution in [-0.4, -0.2) is 17.6 Å². The highest BCUT2D eigenvalue weighted by Crippen LogP contribution is 2.20. The molecular formula is C13H23N3O2. The van der Waals surface area contributed by atoms with E-state index in [4.69, 9.17) is 10.3 Å². The monoisotopic (exact) mass is 253 g/mol. The average molecular weight is 253 g/mol. The van der Waals surface area contributed by atoms with Crippen LogP contribution in [0.3, 0.4) is 0 Å². The Bertz CT molecular complexity index is 374. The van der Waals surface area contributed by atoms with Crippen molar-refractivity contribution in [3.05, 3.63) is 11.8 Å². The van der Waals surface area contributed by atoms with Gasteiger partial charge < -0.3 is 15.6 Å². The summed E-state index contributed by atoms with van der Waals surface area (Å²) in [6.07, 6.45) is 2.32. The summed E-state index contributed by atoms with van der Waals surface area (Å²) in [6.45, 7) is 6.80. The van der Waals surface area contributed by atoms with E-state index in [0.717, 1.165) is 12.8 Å². The van der Waals surface area contributed by atoms with E-state index >= 15 is 0 Å². The van der Waals surface area contributed by atoms with Gasteiger partial charge in [-0.2, -0.15) is 0 Å². The van der Waals surface area contributed by atoms with E-state index < -0.39 is 0 Å². The number of hydrogen-bond acceptors (Lipinski definition) is 4. The molecule has 0 spiro atoms. The number of carbonyl (C=O) groups excluding carboxylic acids is 1. The summed E-state index contributed by atoms with van der Waals surface area (Å²) >= 11 is 0. The van der Waals surface area contributed by atoms with Gasteiger partial charge in [0.1, 0.15) is 5.76 Å². The molecule has 1 unspecified atom stereocenters. The summed E-state index contributed by atoms with van der Waals surface area (Å²) < 4.78 is 4.89. The molecule has 5 heteroatoms. The predicted octanol–water partition coefficient (Wildman–Crippen LogP) is 2.32. The summed E-state index contributed by atoms with van der Waals surface area (Å²) in [5, 5.41) is 6.45. The standard InChI is InChI=1S/C13H23N3O2/c1-9(2)11(6-7-14)4-5-13(17)15-12-8-10(3)18-16-12/h8-9,11H,4-7,14H2,1-3H3,(H,15,16,17). The fraction of sp³-hybridized carbons (Fsp3) is 0.692. The topological polar surface area (TPSA) is 81.2 Å². The third-order valence-corrected chi connectivity index (χ3v) is 3.12. The molecule has 1 rings (SSSR count). The lowest BCUT2D eigenvalue weighted by molar-refractivity contribution is -0.116. The highest BCUT2D eigenvalue weighted by Gasteiger charge is 2.15. The first-order valence-electron chi connectivity index (χ1n) is 6.46. The largest absolute Gasteiger partial charge is 0.360 e. The molecule has 0 aliphatic heterocycles. The zero-order valence-corrected chi connectivity index (χ0v) is 11.4. The number of aromatic nitrogens is 1. The first kappa shape index (κ1) is 14.7. The summed E-state index contributed by atoms with van der Waals surface area (Å²) in [7, 11) is 0. The summed E-state index contributed by atoms with van der Waals surface area (Å²) in [5.74, 6) is 2.20. The van der Waals surface area contributed by atoms with Crippen LogP contribution in [-0.2, 0) is 4.79 Å². The van der Waals surface area contributed by atoms with E-state index in [1.165, 1.54) is 0 Å². The molecule has 1 aromatic rings. The Labute approximate surface area is 108 Å². The number of hydrogen-bond donors (Lipinski definition) is 2. The van der Waals surface area contributed by atoms with Gasteiger partial charge >= 0.3 is 0 Å². The van der Waals surface area contributed by atoms with Crippen LogP contribution >= 0.6 is 0 Å². The number of carbonyl (C=O) groups is 1. The van der Waals surface area contributed by atoms with Crippen molar-refractivity contribution in [3.63, 3.8) is 0 Å². The SMILES string of the molecule is Cc1cc(NC(=O)CCC(CCN)C(C)C)no1. The first-order chi connectivity index (χ1) is 8.52. The Balaban J connectivity index is 2.35. The highest BCUT2D eigenvalue weighted by molar-refractivity contribution is 5.89. The molecule has 18 heavy (non-hydrogen) atoms. The van der Waals surface area contributed by atoms with Crippen LogP contribution in [0.2, 0.25) is 0 Å². The second-order valence-electron chi connectivity index (χ2n) is 4.99. The molecule has 0 aliphatic carbocycles. The normalized spacial score (nSPS) is 12.7. The van der Waals surface area contributed by atoms with Gasteiger partial charge in [0, 0.05) is 12.5 Å². The van der Waals surface area contributed by atoms with E-state index in [1.807, 2.05) is 0 Å². The second kappa shape index (κ2) is 7.16. The number of rotatable bonds is 7. The number of anilines is 1. The smallest absolute Gasteiger partial charge is 0.225 e. The van der Waals surface area contributed by atoms with Crippen molar-refractivity contribution in [2.45, 2.75) is 40.0 Å². The van der Waals surface area contributed by atoms with Crippen LogP contribution in [0.5, 0.6) is 0 Å². The fourth-order valence-electron chi connectivity index (χ4n) is 1.97. The average Bonchev–Trinajstić information content (AvgIpc) is 2.69. The highest BCUT2D eigenvalue weighted by atomic mass is 16.5. The molecule has 1 amide bonds. The van der Waals surface area contributed by atoms with Crippen LogP contribution in [0, 0.1) is 18.8 Å². The number of amides is 1. The molecule has 102 valence electrons. The van der Waals surface area contributed by atoms with Crippen molar-refractivity contribution in [1.82, 2.24) is 5.16 Å². The number of nitrogens with zero attached hydrogens (tertiary/aromatic N) is 1. The molecule has 1 heterocycles. The van der Waals surface area contributed by atoms with Gasteiger partial charge in [-0.1, -0.05) is 19.0 Å². The summed E-state index contributed by atoms with van der Waals surface area (Å²) in [5.41, 5.74) is 5.58. The molecule has 0 bridgehead atoms. The minimum Gasteiger partial charge on any atom is -0.360 e. The lowest BCUT2D eigenvalue weighted by atomic mass is 9.88. The Kier molecular flexibility index (Phi) is 5.85. The van der Waals surface area contributed by atoms with Crippen molar-refractivity contribution < 1.29 is 9.32 Å². The number of nitrogens with two attached hydrogens (primary N) is 1. The van der Waals surface area contributed by atoms with Gasteiger partial charge in [-0.05, 0) is 38.1 Å². The molecule has 0 aliphatic rings. The predicted molar refractivity (Wildman–Crippen MR) is 71.1 cm³/mol. The summed E-state index contributed by atoms with van der Waals surface area (Å²) in [4.78, 5) is 11.7. The van der Waals surface area contributed by atoms with Gasteiger partial charge in [0.25, 0.3) is 0 Å². The van der Waals surface area contributed by atoms with Crippen LogP contribution in [0.25, 0.3) is 0 Å². The van der Waals surface area contributed by atoms with Gasteiger partial charge in [0.15, 0.2) is 5.82 Å². The minimum atomic E-state index is -0.0222. The quantitative estimate of drug-likeness (QED) is 0.781. The fourth-order valence-corrected chi connectivity index (χ4v) is 1.97. The van der Waals surface area contributed by atoms with Gasteiger partial charge in [-0.3, -0.25) is 4.79 Å². The second-order valence-corrected chi connectivity index (χ2v) is 4.99. The van der Waals surface area contributed by atoms with Crippen LogP contribution in [0.15, 0.2) is 10.6 Å². The maximum atomic E-state index is 11.7. The van der Waals surface area contributed by atoms with E-state index in [-0.39, 0.29) is 5.91 Å². The Hall–Kier alpha value is -1.36. The molecule has 1 atom stereocenters. The van der Waals surface area contributed by atoms with Gasteiger partial charge in [-0.15, -0.1) is 0 Å². The van der Waals surface area contributed by atoms with Crippen molar-refractivity contribution in [2.24, 2.45) is 17.6 Å². The zero-order chi connectivity index (χ0) is 13.5. The molecule has 0 radical (unpaired) electrons. The van der Waals surface area contributed by atoms with Gasteiger partial charge in [-0.25, -0.2) is 0 Å². The van der Waals surface area contributed by atoms with E-state index in [0.29, 0.717) is 36.4 Å². The first-order valence-corrected chi connectivity index (χ1v) is 6.46. The van der Waals surface area contributed by atoms with E-state index in [1.54, 1.807) is 13.0 Å². The molecular weight excluding hydrogens is 230 g/mol. The molecule has 0 aromatic carbocycles. The van der Waals surface area contributed by atoms with Crippen molar-refractivity contribution >= 4 is 11.7 Å². The number of aryl methyl sites for hydroxylation is 1. The van der Waals surface area contributed by atoms with Crippen LogP contribution in [0.4, 0.5) is 5.82 Å². The maximum absolute atomic E-state index is 11.7. The lowest BCUT2D eigenvalue weighted by Crippen LogP contribution is -2.18. The Morgan fingerprint density at radius 2 is 2.22 bits per heavy atom. The van der Waals surface area contributed by atoms with E-state index in [9.17, 15) is 4.79 Å². The molecule has 0 saturated carbocycles. The Morgan fingerprint density at radius 1 is 1.50 bits per heavy atom. The van der Waals surface area contributed by atoms with Crippen LogP contribution in [0.1, 0.15) is 38.9 Å². The van der Waals surface area contributed by atoms with Crippen molar-refractivity contribution in [2.75, 3.05) is 11.9 Å². The van der Waals surface area contributed by atoms with E-state index in [2.05, 4.69) is 24.3 Å². The summed E-state index contributed by atoms with van der Waals surface area (Å²) in [6, 6.07) is 1.71. The van der Waals surface area contributed by atoms with Crippen LogP contribution < -0.4 is 11.1 Å². The minimum absolute atomic E-state index is 0.0222. The molecule has 0 fully saturated rings. The molecule has 0 saturated heterocycles. The third kappa shape index (κ3) is 4.87. The number of nitrogens with one attached hydrogen (secondary N) is 1. The molecule has 5 nitrogen and oxygen atoms in total.